The van der Waals surface area contributed by atoms with Crippen molar-refractivity contribution in [2.45, 2.75) is 51.6 Å². The van der Waals surface area contributed by atoms with Gasteiger partial charge in [-0.15, -0.1) is 0 Å². The van der Waals surface area contributed by atoms with Crippen LogP contribution in [0.3, 0.4) is 0 Å². The molecule has 1 aromatic carbocycles. The van der Waals surface area contributed by atoms with Gasteiger partial charge < -0.3 is 9.84 Å². The Morgan fingerprint density at radius 2 is 1.85 bits per heavy atom. The van der Waals surface area contributed by atoms with Gasteiger partial charge in [-0.2, -0.15) is 0 Å². The molecular formula is C17H26O3. The van der Waals surface area contributed by atoms with E-state index in [4.69, 9.17) is 9.84 Å². The molecule has 112 valence electrons. The molecule has 0 atom stereocenters. The molecule has 0 aromatic heterocycles. The molecule has 0 radical (unpaired) electrons. The van der Waals surface area contributed by atoms with Crippen LogP contribution >= 0.6 is 0 Å². The second kappa shape index (κ2) is 10.4. The summed E-state index contributed by atoms with van der Waals surface area (Å²) < 4.78 is 4.93. The molecule has 0 spiro atoms. The smallest absolute Gasteiger partial charge is 0.303 e. The van der Waals surface area contributed by atoms with Crippen LogP contribution in [-0.4, -0.2) is 18.2 Å². The number of hydrogen-bond donors (Lipinski definition) is 1. The molecule has 3 nitrogen and oxygen atoms in total. The molecule has 1 aliphatic carbocycles. The second-order valence-corrected chi connectivity index (χ2v) is 5.36. The summed E-state index contributed by atoms with van der Waals surface area (Å²) in [7, 11) is 1.70. The van der Waals surface area contributed by atoms with Crippen molar-refractivity contribution in [3.8, 4) is 0 Å². The Hall–Kier alpha value is -1.35. The summed E-state index contributed by atoms with van der Waals surface area (Å²) in [5.41, 5.74) is 1.22. The minimum absolute atomic E-state index is 0.366. The molecule has 0 aliphatic heterocycles. The van der Waals surface area contributed by atoms with Crippen LogP contribution in [0.2, 0.25) is 0 Å². The fourth-order valence-corrected chi connectivity index (χ4v) is 2.54. The van der Waals surface area contributed by atoms with Crippen molar-refractivity contribution in [1.82, 2.24) is 0 Å². The lowest BCUT2D eigenvalue weighted by Crippen LogP contribution is -2.08. The van der Waals surface area contributed by atoms with Crippen molar-refractivity contribution in [2.75, 3.05) is 7.11 Å². The molecule has 0 bridgehead atoms. The highest BCUT2D eigenvalue weighted by Crippen LogP contribution is 2.26. The fraction of sp³-hybridized carbons (Fsp3) is 0.588. The van der Waals surface area contributed by atoms with Gasteiger partial charge in [0, 0.05) is 13.5 Å². The standard InChI is InChI=1S/C9H16O2.C8H10O/c10-9(11)7-6-8-4-2-1-3-5-8;1-9-7-8-5-3-2-4-6-8/h8H,1-7H2,(H,10,11);2-6H,7H2,1H3. The summed E-state index contributed by atoms with van der Waals surface area (Å²) in [6.45, 7) is 0.709. The maximum atomic E-state index is 10.2. The molecule has 1 saturated carbocycles. The minimum Gasteiger partial charge on any atom is -0.481 e. The monoisotopic (exact) mass is 278 g/mol. The molecule has 1 fully saturated rings. The Kier molecular flexibility index (Phi) is 8.72. The summed E-state index contributed by atoms with van der Waals surface area (Å²) in [5.74, 6) is 0.0652. The van der Waals surface area contributed by atoms with Gasteiger partial charge in [0.1, 0.15) is 0 Å². The van der Waals surface area contributed by atoms with Gasteiger partial charge in [-0.25, -0.2) is 0 Å². The van der Waals surface area contributed by atoms with Crippen molar-refractivity contribution >= 4 is 5.97 Å². The molecule has 0 saturated heterocycles. The maximum absolute atomic E-state index is 10.2. The van der Waals surface area contributed by atoms with Crippen LogP contribution < -0.4 is 0 Å². The normalized spacial score (nSPS) is 15.2. The average molecular weight is 278 g/mol. The van der Waals surface area contributed by atoms with Gasteiger partial charge >= 0.3 is 5.97 Å². The zero-order valence-electron chi connectivity index (χ0n) is 12.4. The van der Waals surface area contributed by atoms with E-state index in [1.54, 1.807) is 7.11 Å². The lowest BCUT2D eigenvalue weighted by Gasteiger charge is -2.20. The lowest BCUT2D eigenvalue weighted by molar-refractivity contribution is -0.137. The summed E-state index contributed by atoms with van der Waals surface area (Å²) in [6.07, 6.45) is 7.75. The van der Waals surface area contributed by atoms with E-state index in [0.29, 0.717) is 18.9 Å². The largest absolute Gasteiger partial charge is 0.481 e. The van der Waals surface area contributed by atoms with Gasteiger partial charge in [0.2, 0.25) is 0 Å². The Labute approximate surface area is 122 Å². The van der Waals surface area contributed by atoms with Crippen molar-refractivity contribution in [3.63, 3.8) is 0 Å². The van der Waals surface area contributed by atoms with Crippen LogP contribution in [0.4, 0.5) is 0 Å². The number of carboxylic acid groups (broad SMARTS) is 1. The number of methoxy groups -OCH3 is 1. The minimum atomic E-state index is -0.643. The zero-order valence-corrected chi connectivity index (χ0v) is 12.4. The Bertz CT molecular complexity index is 356. The van der Waals surface area contributed by atoms with Crippen LogP contribution in [0.1, 0.15) is 50.5 Å². The number of carbonyl (C=O) groups is 1. The first kappa shape index (κ1) is 16.7. The van der Waals surface area contributed by atoms with E-state index >= 15 is 0 Å². The third-order valence-electron chi connectivity index (χ3n) is 3.65. The van der Waals surface area contributed by atoms with Crippen molar-refractivity contribution in [2.24, 2.45) is 5.92 Å². The molecule has 3 heteroatoms. The van der Waals surface area contributed by atoms with E-state index in [1.807, 2.05) is 30.3 Å². The van der Waals surface area contributed by atoms with E-state index in [0.717, 1.165) is 6.42 Å². The van der Waals surface area contributed by atoms with Crippen LogP contribution in [0.25, 0.3) is 0 Å². The van der Waals surface area contributed by atoms with Crippen molar-refractivity contribution in [1.29, 1.82) is 0 Å². The first-order valence-electron chi connectivity index (χ1n) is 7.47. The predicted octanol–water partition coefficient (Wildman–Crippen LogP) is 4.26. The molecule has 1 aromatic rings. The molecule has 1 N–H and O–H groups in total. The van der Waals surface area contributed by atoms with Gasteiger partial charge in [-0.1, -0.05) is 62.4 Å². The highest BCUT2D eigenvalue weighted by Gasteiger charge is 2.13. The number of rotatable bonds is 5. The lowest BCUT2D eigenvalue weighted by atomic mass is 9.86. The van der Waals surface area contributed by atoms with E-state index in [-0.39, 0.29) is 0 Å². The summed E-state index contributed by atoms with van der Waals surface area (Å²) in [5, 5.41) is 8.44. The molecule has 0 unspecified atom stereocenters. The van der Waals surface area contributed by atoms with Gasteiger partial charge in [-0.3, -0.25) is 4.79 Å². The summed E-state index contributed by atoms with van der Waals surface area (Å²) in [6, 6.07) is 10.1. The first-order valence-corrected chi connectivity index (χ1v) is 7.47. The SMILES string of the molecule is COCc1ccccc1.O=C(O)CCC1CCCCC1. The summed E-state index contributed by atoms with van der Waals surface area (Å²) >= 11 is 0. The third kappa shape index (κ3) is 7.95. The van der Waals surface area contributed by atoms with E-state index in [2.05, 4.69) is 0 Å². The van der Waals surface area contributed by atoms with Gasteiger partial charge in [0.15, 0.2) is 0 Å². The fourth-order valence-electron chi connectivity index (χ4n) is 2.54. The first-order chi connectivity index (χ1) is 9.72. The van der Waals surface area contributed by atoms with Crippen LogP contribution in [0.15, 0.2) is 30.3 Å². The summed E-state index contributed by atoms with van der Waals surface area (Å²) in [4.78, 5) is 10.2. The van der Waals surface area contributed by atoms with Crippen LogP contribution in [-0.2, 0) is 16.1 Å². The van der Waals surface area contributed by atoms with Crippen molar-refractivity contribution < 1.29 is 14.6 Å². The molecule has 0 amide bonds. The second-order valence-electron chi connectivity index (χ2n) is 5.36. The topological polar surface area (TPSA) is 46.5 Å². The van der Waals surface area contributed by atoms with E-state index < -0.39 is 5.97 Å². The number of ether oxygens (including phenoxy) is 1. The van der Waals surface area contributed by atoms with Gasteiger partial charge in [0.25, 0.3) is 0 Å². The Morgan fingerprint density at radius 3 is 2.40 bits per heavy atom. The number of benzene rings is 1. The number of hydrogen-bond acceptors (Lipinski definition) is 2. The third-order valence-corrected chi connectivity index (χ3v) is 3.65. The van der Waals surface area contributed by atoms with E-state index in [1.165, 1.54) is 37.7 Å². The van der Waals surface area contributed by atoms with Gasteiger partial charge in [-0.05, 0) is 17.9 Å². The molecule has 2 rings (SSSR count). The predicted molar refractivity (Wildman–Crippen MR) is 80.6 cm³/mol. The average Bonchev–Trinajstić information content (AvgIpc) is 2.48. The van der Waals surface area contributed by atoms with Crippen LogP contribution in [0, 0.1) is 5.92 Å². The van der Waals surface area contributed by atoms with Crippen LogP contribution in [0.5, 0.6) is 0 Å². The molecule has 20 heavy (non-hydrogen) atoms. The molecule has 0 heterocycles. The Balaban J connectivity index is 0.000000204. The van der Waals surface area contributed by atoms with Gasteiger partial charge in [0.05, 0.1) is 6.61 Å². The maximum Gasteiger partial charge on any atom is 0.303 e. The highest BCUT2D eigenvalue weighted by molar-refractivity contribution is 5.66. The molecule has 1 aliphatic rings. The van der Waals surface area contributed by atoms with Crippen molar-refractivity contribution in [3.05, 3.63) is 35.9 Å². The number of aliphatic carboxylic acids is 1. The highest BCUT2D eigenvalue weighted by atomic mass is 16.5. The quantitative estimate of drug-likeness (QED) is 0.875. The van der Waals surface area contributed by atoms with E-state index in [9.17, 15) is 4.79 Å². The number of carboxylic acids is 1. The Morgan fingerprint density at radius 1 is 1.20 bits per heavy atom. The zero-order chi connectivity index (χ0) is 14.6. The molecular weight excluding hydrogens is 252 g/mol.